The lowest BCUT2D eigenvalue weighted by Gasteiger charge is -2.10. The van der Waals surface area contributed by atoms with E-state index < -0.39 is 0 Å². The summed E-state index contributed by atoms with van der Waals surface area (Å²) in [5.74, 6) is -0.263. The molecule has 0 saturated heterocycles. The highest BCUT2D eigenvalue weighted by molar-refractivity contribution is 5.89. The van der Waals surface area contributed by atoms with Crippen LogP contribution in [0.25, 0.3) is 0 Å². The summed E-state index contributed by atoms with van der Waals surface area (Å²) in [6.45, 7) is 4.67. The van der Waals surface area contributed by atoms with Crippen LogP contribution in [0.15, 0.2) is 48.5 Å². The maximum atomic E-state index is 12.8. The first-order chi connectivity index (χ1) is 12.7. The van der Waals surface area contributed by atoms with Crippen LogP contribution in [0.1, 0.15) is 18.1 Å². The van der Waals surface area contributed by atoms with Crippen LogP contribution in [-0.2, 0) is 22.5 Å². The van der Waals surface area contributed by atoms with Gasteiger partial charge in [-0.15, -0.1) is 0 Å². The quantitative estimate of drug-likeness (QED) is 0.635. The van der Waals surface area contributed by atoms with Gasteiger partial charge < -0.3 is 20.1 Å². The number of carbonyl (C=O) groups excluding carboxylic acids is 1. The standard InChI is InChI=1S/C20H25FN2O3/c1-2-25-12-13-26-15-17-4-3-5-19(14-17)23-20(24)22-11-10-16-6-8-18(21)9-7-16/h3-9,14H,2,10-13,15H2,1H3,(H2,22,23,24). The minimum Gasteiger partial charge on any atom is -0.379 e. The fourth-order valence-corrected chi connectivity index (χ4v) is 2.34. The molecule has 26 heavy (non-hydrogen) atoms. The molecule has 2 aromatic carbocycles. The van der Waals surface area contributed by atoms with Crippen LogP contribution in [0.4, 0.5) is 14.9 Å². The molecule has 0 bridgehead atoms. The fourth-order valence-electron chi connectivity index (χ4n) is 2.34. The van der Waals surface area contributed by atoms with Crippen molar-refractivity contribution < 1.29 is 18.7 Å². The third kappa shape index (κ3) is 7.63. The lowest BCUT2D eigenvalue weighted by atomic mass is 10.1. The summed E-state index contributed by atoms with van der Waals surface area (Å²) in [4.78, 5) is 12.0. The molecule has 6 heteroatoms. The lowest BCUT2D eigenvalue weighted by molar-refractivity contribution is 0.0453. The highest BCUT2D eigenvalue weighted by Gasteiger charge is 2.03. The molecule has 0 unspecified atom stereocenters. The van der Waals surface area contributed by atoms with Crippen LogP contribution in [0.2, 0.25) is 0 Å². The van der Waals surface area contributed by atoms with Crippen molar-refractivity contribution in [3.63, 3.8) is 0 Å². The molecule has 0 atom stereocenters. The molecule has 0 radical (unpaired) electrons. The van der Waals surface area contributed by atoms with Crippen molar-refractivity contribution in [3.05, 3.63) is 65.5 Å². The lowest BCUT2D eigenvalue weighted by Crippen LogP contribution is -2.30. The molecule has 0 aliphatic carbocycles. The molecular formula is C20H25FN2O3. The number of hydrogen-bond donors (Lipinski definition) is 2. The van der Waals surface area contributed by atoms with E-state index in [0.29, 0.717) is 45.1 Å². The maximum absolute atomic E-state index is 12.8. The zero-order valence-electron chi connectivity index (χ0n) is 15.0. The van der Waals surface area contributed by atoms with E-state index in [1.54, 1.807) is 12.1 Å². The SMILES string of the molecule is CCOCCOCc1cccc(NC(=O)NCCc2ccc(F)cc2)c1. The highest BCUT2D eigenvalue weighted by atomic mass is 19.1. The molecular weight excluding hydrogens is 335 g/mol. The average molecular weight is 360 g/mol. The Morgan fingerprint density at radius 1 is 1.04 bits per heavy atom. The monoisotopic (exact) mass is 360 g/mol. The van der Waals surface area contributed by atoms with Gasteiger partial charge in [0.25, 0.3) is 0 Å². The maximum Gasteiger partial charge on any atom is 0.319 e. The Balaban J connectivity index is 1.70. The van der Waals surface area contributed by atoms with Crippen molar-refractivity contribution in [1.29, 1.82) is 0 Å². The highest BCUT2D eigenvalue weighted by Crippen LogP contribution is 2.11. The van der Waals surface area contributed by atoms with Crippen molar-refractivity contribution in [3.8, 4) is 0 Å². The Bertz CT molecular complexity index is 677. The number of carbonyl (C=O) groups is 1. The van der Waals surface area contributed by atoms with E-state index in [9.17, 15) is 9.18 Å². The van der Waals surface area contributed by atoms with E-state index in [1.807, 2.05) is 31.2 Å². The molecule has 0 fully saturated rings. The minimum absolute atomic E-state index is 0.263. The number of halogens is 1. The van der Waals surface area contributed by atoms with Crippen LogP contribution >= 0.6 is 0 Å². The number of urea groups is 1. The molecule has 2 N–H and O–H groups in total. The van der Waals surface area contributed by atoms with Gasteiger partial charge in [-0.3, -0.25) is 0 Å². The summed E-state index contributed by atoms with van der Waals surface area (Å²) in [7, 11) is 0. The fraction of sp³-hybridized carbons (Fsp3) is 0.350. The van der Waals surface area contributed by atoms with Gasteiger partial charge in [-0.25, -0.2) is 9.18 Å². The molecule has 0 spiro atoms. The van der Waals surface area contributed by atoms with Gasteiger partial charge >= 0.3 is 6.03 Å². The van der Waals surface area contributed by atoms with Crippen LogP contribution in [0, 0.1) is 5.82 Å². The largest absolute Gasteiger partial charge is 0.379 e. The van der Waals surface area contributed by atoms with E-state index in [0.717, 1.165) is 11.1 Å². The van der Waals surface area contributed by atoms with Crippen molar-refractivity contribution in [2.75, 3.05) is 31.7 Å². The van der Waals surface area contributed by atoms with Gasteiger partial charge in [-0.2, -0.15) is 0 Å². The third-order valence-electron chi connectivity index (χ3n) is 3.64. The second kappa shape index (κ2) is 11.2. The van der Waals surface area contributed by atoms with Gasteiger partial charge in [0, 0.05) is 18.8 Å². The summed E-state index contributed by atoms with van der Waals surface area (Å²) < 4.78 is 23.6. The summed E-state index contributed by atoms with van der Waals surface area (Å²) in [6, 6.07) is 13.5. The van der Waals surface area contributed by atoms with Crippen molar-refractivity contribution in [2.45, 2.75) is 20.0 Å². The van der Waals surface area contributed by atoms with E-state index >= 15 is 0 Å². The molecule has 0 aromatic heterocycles. The zero-order chi connectivity index (χ0) is 18.6. The van der Waals surface area contributed by atoms with Crippen molar-refractivity contribution >= 4 is 11.7 Å². The second-order valence-electron chi connectivity index (χ2n) is 5.71. The zero-order valence-corrected chi connectivity index (χ0v) is 15.0. The number of ether oxygens (including phenoxy) is 2. The molecule has 140 valence electrons. The van der Waals surface area contributed by atoms with Gasteiger partial charge in [-0.1, -0.05) is 24.3 Å². The van der Waals surface area contributed by atoms with E-state index in [2.05, 4.69) is 10.6 Å². The smallest absolute Gasteiger partial charge is 0.319 e. The van der Waals surface area contributed by atoms with Crippen molar-refractivity contribution in [2.24, 2.45) is 0 Å². The predicted molar refractivity (Wildman–Crippen MR) is 99.7 cm³/mol. The Kier molecular flexibility index (Phi) is 8.59. The summed E-state index contributed by atoms with van der Waals surface area (Å²) in [5, 5.41) is 5.59. The van der Waals surface area contributed by atoms with Crippen LogP contribution in [0.5, 0.6) is 0 Å². The Morgan fingerprint density at radius 3 is 2.58 bits per heavy atom. The first-order valence-corrected chi connectivity index (χ1v) is 8.71. The molecule has 0 heterocycles. The molecule has 2 rings (SSSR count). The summed E-state index contributed by atoms with van der Waals surface area (Å²) in [6.07, 6.45) is 0.640. The Hall–Kier alpha value is -2.44. The molecule has 0 aliphatic rings. The number of rotatable bonds is 10. The van der Waals surface area contributed by atoms with E-state index in [4.69, 9.17) is 9.47 Å². The first-order valence-electron chi connectivity index (χ1n) is 8.71. The van der Waals surface area contributed by atoms with Gasteiger partial charge in [0.1, 0.15) is 5.82 Å². The number of hydrogen-bond acceptors (Lipinski definition) is 3. The number of anilines is 1. The summed E-state index contributed by atoms with van der Waals surface area (Å²) in [5.41, 5.74) is 2.65. The normalized spacial score (nSPS) is 10.5. The number of benzene rings is 2. The molecule has 0 saturated carbocycles. The second-order valence-corrected chi connectivity index (χ2v) is 5.71. The average Bonchev–Trinajstić information content (AvgIpc) is 2.63. The van der Waals surface area contributed by atoms with Crippen LogP contribution in [-0.4, -0.2) is 32.4 Å². The molecule has 5 nitrogen and oxygen atoms in total. The van der Waals surface area contributed by atoms with Gasteiger partial charge in [0.05, 0.1) is 19.8 Å². The van der Waals surface area contributed by atoms with E-state index in [-0.39, 0.29) is 11.8 Å². The van der Waals surface area contributed by atoms with E-state index in [1.165, 1.54) is 12.1 Å². The number of nitrogens with one attached hydrogen (secondary N) is 2. The van der Waals surface area contributed by atoms with Gasteiger partial charge in [0.15, 0.2) is 0 Å². The topological polar surface area (TPSA) is 59.6 Å². The van der Waals surface area contributed by atoms with Gasteiger partial charge in [0.2, 0.25) is 0 Å². The van der Waals surface area contributed by atoms with Crippen LogP contribution < -0.4 is 10.6 Å². The van der Waals surface area contributed by atoms with Crippen molar-refractivity contribution in [1.82, 2.24) is 5.32 Å². The van der Waals surface area contributed by atoms with Crippen LogP contribution in [0.3, 0.4) is 0 Å². The molecule has 0 aliphatic heterocycles. The van der Waals surface area contributed by atoms with Gasteiger partial charge in [-0.05, 0) is 48.7 Å². The Morgan fingerprint density at radius 2 is 1.81 bits per heavy atom. The number of amides is 2. The minimum atomic E-state index is -0.276. The predicted octanol–water partition coefficient (Wildman–Crippen LogP) is 3.74. The Labute approximate surface area is 153 Å². The first kappa shape index (κ1) is 19.9. The third-order valence-corrected chi connectivity index (χ3v) is 3.64. The molecule has 2 aromatic rings. The summed E-state index contributed by atoms with van der Waals surface area (Å²) >= 11 is 0. The molecule has 2 amide bonds.